The van der Waals surface area contributed by atoms with Crippen LogP contribution < -0.4 is 5.32 Å². The van der Waals surface area contributed by atoms with E-state index in [1.165, 1.54) is 36.6 Å². The van der Waals surface area contributed by atoms with Gasteiger partial charge in [-0.25, -0.2) is 4.79 Å². The van der Waals surface area contributed by atoms with E-state index in [1.54, 1.807) is 6.92 Å². The van der Waals surface area contributed by atoms with Gasteiger partial charge < -0.3 is 10.1 Å². The molecular formula is C19H20N2O5S. The number of hydrogen-bond acceptors (Lipinski definition) is 6. The molecule has 1 amide bonds. The lowest BCUT2D eigenvalue weighted by Gasteiger charge is -2.18. The van der Waals surface area contributed by atoms with Crippen molar-refractivity contribution in [2.75, 3.05) is 12.4 Å². The molecule has 1 heterocycles. The number of nitro benzene ring substituents is 1. The first-order valence-corrected chi connectivity index (χ1v) is 9.42. The van der Waals surface area contributed by atoms with Gasteiger partial charge in [0.25, 0.3) is 11.6 Å². The number of nitro groups is 1. The summed E-state index contributed by atoms with van der Waals surface area (Å²) in [5, 5.41) is 14.2. The second kappa shape index (κ2) is 7.48. The first-order chi connectivity index (χ1) is 12.8. The number of aryl methyl sites for hydroxylation is 1. The van der Waals surface area contributed by atoms with Crippen LogP contribution in [-0.4, -0.2) is 23.9 Å². The number of carbonyl (C=O) groups is 2. The highest BCUT2D eigenvalue weighted by molar-refractivity contribution is 7.17. The van der Waals surface area contributed by atoms with Crippen molar-refractivity contribution >= 4 is 33.9 Å². The van der Waals surface area contributed by atoms with Crippen molar-refractivity contribution in [1.82, 2.24) is 0 Å². The van der Waals surface area contributed by atoms with Crippen LogP contribution in [0, 0.1) is 23.0 Å². The Morgan fingerprint density at radius 2 is 2.11 bits per heavy atom. The summed E-state index contributed by atoms with van der Waals surface area (Å²) < 4.78 is 4.92. The molecule has 142 valence electrons. The molecule has 0 fully saturated rings. The first kappa shape index (κ1) is 19.0. The molecule has 0 saturated carbocycles. The van der Waals surface area contributed by atoms with Gasteiger partial charge in [0.15, 0.2) is 0 Å². The topological polar surface area (TPSA) is 98.5 Å². The Balaban J connectivity index is 1.93. The van der Waals surface area contributed by atoms with Crippen LogP contribution in [-0.2, 0) is 17.6 Å². The fourth-order valence-electron chi connectivity index (χ4n) is 3.33. The molecule has 0 bridgehead atoms. The van der Waals surface area contributed by atoms with E-state index in [9.17, 15) is 19.7 Å². The highest BCUT2D eigenvalue weighted by atomic mass is 32.1. The number of amides is 1. The van der Waals surface area contributed by atoms with E-state index >= 15 is 0 Å². The number of carbonyl (C=O) groups excluding carboxylic acids is 2. The average Bonchev–Trinajstić information content (AvgIpc) is 2.97. The zero-order valence-corrected chi connectivity index (χ0v) is 16.1. The lowest BCUT2D eigenvalue weighted by atomic mass is 9.88. The van der Waals surface area contributed by atoms with Crippen molar-refractivity contribution in [2.24, 2.45) is 5.92 Å². The van der Waals surface area contributed by atoms with Crippen molar-refractivity contribution in [3.63, 3.8) is 0 Å². The third kappa shape index (κ3) is 3.71. The van der Waals surface area contributed by atoms with E-state index in [0.717, 1.165) is 29.7 Å². The zero-order chi connectivity index (χ0) is 19.7. The minimum absolute atomic E-state index is 0.0395. The standard InChI is InChI=1S/C19H20N2O5S/c1-10-4-6-13-15(8-10)27-18(16(13)19(23)26-3)20-17(22)12-5-7-14(21(24)25)11(2)9-12/h5,7,9-10H,4,6,8H2,1-3H3,(H,20,22)/t10-/m0/s1. The first-order valence-electron chi connectivity index (χ1n) is 8.61. The number of nitrogens with one attached hydrogen (secondary N) is 1. The molecule has 3 rings (SSSR count). The van der Waals surface area contributed by atoms with Gasteiger partial charge in [0.1, 0.15) is 5.00 Å². The van der Waals surface area contributed by atoms with Gasteiger partial charge in [-0.15, -0.1) is 11.3 Å². The number of ether oxygens (including phenoxy) is 1. The largest absolute Gasteiger partial charge is 0.465 e. The van der Waals surface area contributed by atoms with E-state index in [2.05, 4.69) is 12.2 Å². The van der Waals surface area contributed by atoms with Gasteiger partial charge in [0, 0.05) is 22.1 Å². The van der Waals surface area contributed by atoms with Crippen molar-refractivity contribution in [3.05, 3.63) is 55.4 Å². The highest BCUT2D eigenvalue weighted by Gasteiger charge is 2.29. The third-order valence-corrected chi connectivity index (χ3v) is 5.95. The van der Waals surface area contributed by atoms with Gasteiger partial charge in [-0.1, -0.05) is 6.92 Å². The fraction of sp³-hybridized carbons (Fsp3) is 0.368. The molecule has 8 heteroatoms. The molecule has 7 nitrogen and oxygen atoms in total. The zero-order valence-electron chi connectivity index (χ0n) is 15.3. The normalized spacial score (nSPS) is 15.7. The second-order valence-electron chi connectivity index (χ2n) is 6.76. The minimum Gasteiger partial charge on any atom is -0.465 e. The monoisotopic (exact) mass is 388 g/mol. The lowest BCUT2D eigenvalue weighted by molar-refractivity contribution is -0.385. The summed E-state index contributed by atoms with van der Waals surface area (Å²) in [4.78, 5) is 36.5. The van der Waals surface area contributed by atoms with Crippen molar-refractivity contribution < 1.29 is 19.2 Å². The maximum Gasteiger partial charge on any atom is 0.341 e. The Kier molecular flexibility index (Phi) is 5.27. The fourth-order valence-corrected chi connectivity index (χ4v) is 4.73. The van der Waals surface area contributed by atoms with Crippen LogP contribution in [0.5, 0.6) is 0 Å². The summed E-state index contributed by atoms with van der Waals surface area (Å²) in [6, 6.07) is 4.20. The molecule has 0 aliphatic heterocycles. The molecule has 1 aliphatic rings. The molecule has 1 aromatic heterocycles. The molecule has 0 spiro atoms. The number of methoxy groups -OCH3 is 1. The SMILES string of the molecule is COC(=O)c1c(NC(=O)c2ccc([N+](=O)[O-])c(C)c2)sc2c1CC[C@H](C)C2. The number of esters is 1. The molecule has 2 aromatic rings. The molecule has 1 aromatic carbocycles. The molecule has 0 saturated heterocycles. The summed E-state index contributed by atoms with van der Waals surface area (Å²) >= 11 is 1.40. The van der Waals surface area contributed by atoms with Gasteiger partial charge in [0.05, 0.1) is 17.6 Å². The number of fused-ring (bicyclic) bond motifs is 1. The van der Waals surface area contributed by atoms with E-state index < -0.39 is 16.8 Å². The Bertz CT molecular complexity index is 934. The van der Waals surface area contributed by atoms with Gasteiger partial charge >= 0.3 is 5.97 Å². The quantitative estimate of drug-likeness (QED) is 0.482. The summed E-state index contributed by atoms with van der Waals surface area (Å²) in [5.74, 6) is -0.343. The molecule has 0 unspecified atom stereocenters. The van der Waals surface area contributed by atoms with Gasteiger partial charge in [-0.05, 0) is 49.8 Å². The predicted octanol–water partition coefficient (Wildman–Crippen LogP) is 4.13. The second-order valence-corrected chi connectivity index (χ2v) is 7.87. The van der Waals surface area contributed by atoms with Crippen LogP contribution in [0.15, 0.2) is 18.2 Å². The Hall–Kier alpha value is -2.74. The van der Waals surface area contributed by atoms with Crippen LogP contribution >= 0.6 is 11.3 Å². The molecule has 1 atom stereocenters. The summed E-state index contributed by atoms with van der Waals surface area (Å²) in [6.45, 7) is 3.75. The maximum absolute atomic E-state index is 12.7. The molecule has 1 N–H and O–H groups in total. The van der Waals surface area contributed by atoms with E-state index in [4.69, 9.17) is 4.74 Å². The molecule has 1 aliphatic carbocycles. The molecule has 0 radical (unpaired) electrons. The summed E-state index contributed by atoms with van der Waals surface area (Å²) in [7, 11) is 1.32. The van der Waals surface area contributed by atoms with Crippen LogP contribution in [0.4, 0.5) is 10.7 Å². The van der Waals surface area contributed by atoms with E-state index in [-0.39, 0.29) is 5.69 Å². The Morgan fingerprint density at radius 1 is 1.37 bits per heavy atom. The van der Waals surface area contributed by atoms with Crippen molar-refractivity contribution in [1.29, 1.82) is 0 Å². The summed E-state index contributed by atoms with van der Waals surface area (Å²) in [6.07, 6.45) is 2.64. The van der Waals surface area contributed by atoms with Crippen molar-refractivity contribution in [2.45, 2.75) is 33.1 Å². The number of anilines is 1. The van der Waals surface area contributed by atoms with Crippen LogP contribution in [0.2, 0.25) is 0 Å². The number of benzene rings is 1. The number of thiophene rings is 1. The molecule has 27 heavy (non-hydrogen) atoms. The number of nitrogens with zero attached hydrogens (tertiary/aromatic N) is 1. The minimum atomic E-state index is -0.485. The van der Waals surface area contributed by atoms with Gasteiger partial charge in [-0.2, -0.15) is 0 Å². The summed E-state index contributed by atoms with van der Waals surface area (Å²) in [5.41, 5.74) is 2.05. The van der Waals surface area contributed by atoms with Gasteiger partial charge in [-0.3, -0.25) is 14.9 Å². The van der Waals surface area contributed by atoms with Crippen molar-refractivity contribution in [3.8, 4) is 0 Å². The third-order valence-electron chi connectivity index (χ3n) is 4.78. The Labute approximate surface area is 160 Å². The molecular weight excluding hydrogens is 368 g/mol. The maximum atomic E-state index is 12.7. The Morgan fingerprint density at radius 3 is 2.74 bits per heavy atom. The van der Waals surface area contributed by atoms with Crippen LogP contribution in [0.3, 0.4) is 0 Å². The van der Waals surface area contributed by atoms with E-state index in [1.807, 2.05) is 0 Å². The number of hydrogen-bond donors (Lipinski definition) is 1. The van der Waals surface area contributed by atoms with Crippen LogP contribution in [0.25, 0.3) is 0 Å². The predicted molar refractivity (Wildman–Crippen MR) is 103 cm³/mol. The van der Waals surface area contributed by atoms with Crippen LogP contribution in [0.1, 0.15) is 50.1 Å². The highest BCUT2D eigenvalue weighted by Crippen LogP contribution is 2.40. The number of rotatable bonds is 4. The smallest absolute Gasteiger partial charge is 0.341 e. The average molecular weight is 388 g/mol. The lowest BCUT2D eigenvalue weighted by Crippen LogP contribution is -2.16. The van der Waals surface area contributed by atoms with Gasteiger partial charge in [0.2, 0.25) is 0 Å². The van der Waals surface area contributed by atoms with E-state index in [0.29, 0.717) is 27.6 Å².